The highest BCUT2D eigenvalue weighted by Crippen LogP contribution is 2.19. The first kappa shape index (κ1) is 20.6. The Bertz CT molecular complexity index is 1010. The number of nitro groups is 1. The van der Waals surface area contributed by atoms with Gasteiger partial charge < -0.3 is 10.1 Å². The summed E-state index contributed by atoms with van der Waals surface area (Å²) in [5.41, 5.74) is 1.06. The van der Waals surface area contributed by atoms with Crippen LogP contribution >= 0.6 is 0 Å². The smallest absolute Gasteiger partial charge is 0.269 e. The molecule has 1 saturated heterocycles. The number of anilines is 1. The first-order chi connectivity index (χ1) is 13.9. The molecule has 0 spiro atoms. The van der Waals surface area contributed by atoms with Crippen LogP contribution in [0.4, 0.5) is 11.4 Å². The summed E-state index contributed by atoms with van der Waals surface area (Å²) < 4.78 is 31.7. The highest BCUT2D eigenvalue weighted by molar-refractivity contribution is 7.89. The number of rotatable bonds is 6. The molecule has 10 heteroatoms. The molecule has 29 heavy (non-hydrogen) atoms. The molecule has 152 valence electrons. The fraction of sp³-hybridized carbons (Fsp3) is 0.211. The molecule has 0 aromatic heterocycles. The van der Waals surface area contributed by atoms with E-state index in [9.17, 15) is 23.3 Å². The van der Waals surface area contributed by atoms with Crippen LogP contribution in [0.3, 0.4) is 0 Å². The normalized spacial score (nSPS) is 15.3. The minimum atomic E-state index is -3.58. The van der Waals surface area contributed by atoms with E-state index in [0.717, 1.165) is 0 Å². The van der Waals surface area contributed by atoms with Crippen LogP contribution in [-0.4, -0.2) is 49.9 Å². The topological polar surface area (TPSA) is 119 Å². The van der Waals surface area contributed by atoms with E-state index in [4.69, 9.17) is 4.74 Å². The quantitative estimate of drug-likeness (QED) is 0.437. The fourth-order valence-corrected chi connectivity index (χ4v) is 4.12. The molecule has 2 aromatic carbocycles. The molecule has 2 aromatic rings. The highest BCUT2D eigenvalue weighted by atomic mass is 32.2. The van der Waals surface area contributed by atoms with Crippen molar-refractivity contribution in [1.29, 1.82) is 0 Å². The lowest BCUT2D eigenvalue weighted by Crippen LogP contribution is -2.40. The molecule has 0 atom stereocenters. The van der Waals surface area contributed by atoms with Gasteiger partial charge in [0, 0.05) is 37.0 Å². The van der Waals surface area contributed by atoms with E-state index in [2.05, 4.69) is 5.32 Å². The van der Waals surface area contributed by atoms with Gasteiger partial charge in [-0.2, -0.15) is 4.31 Å². The van der Waals surface area contributed by atoms with E-state index in [1.165, 1.54) is 65.0 Å². The summed E-state index contributed by atoms with van der Waals surface area (Å²) in [6.07, 6.45) is 2.82. The van der Waals surface area contributed by atoms with Crippen LogP contribution in [0.5, 0.6) is 0 Å². The Kier molecular flexibility index (Phi) is 6.37. The fourth-order valence-electron chi connectivity index (χ4n) is 2.71. The number of non-ortho nitro benzene ring substituents is 1. The van der Waals surface area contributed by atoms with Crippen LogP contribution < -0.4 is 5.32 Å². The molecule has 1 amide bonds. The zero-order valence-corrected chi connectivity index (χ0v) is 16.2. The summed E-state index contributed by atoms with van der Waals surface area (Å²) in [5, 5.41) is 13.3. The van der Waals surface area contributed by atoms with Crippen LogP contribution in [0.15, 0.2) is 59.5 Å². The Labute approximate surface area is 167 Å². The minimum Gasteiger partial charge on any atom is -0.379 e. The molecule has 0 unspecified atom stereocenters. The molecule has 9 nitrogen and oxygen atoms in total. The van der Waals surface area contributed by atoms with E-state index < -0.39 is 20.9 Å². The van der Waals surface area contributed by atoms with E-state index in [1.54, 1.807) is 0 Å². The number of carbonyl (C=O) groups is 1. The first-order valence-electron chi connectivity index (χ1n) is 8.78. The summed E-state index contributed by atoms with van der Waals surface area (Å²) in [4.78, 5) is 22.3. The van der Waals surface area contributed by atoms with Gasteiger partial charge in [0.2, 0.25) is 15.9 Å². The molecular weight excluding hydrogens is 398 g/mol. The van der Waals surface area contributed by atoms with Crippen molar-refractivity contribution in [2.75, 3.05) is 31.6 Å². The Hall–Kier alpha value is -3.08. The summed E-state index contributed by atoms with van der Waals surface area (Å²) in [5.74, 6) is -0.410. The molecular formula is C19H19N3O6S. The summed E-state index contributed by atoms with van der Waals surface area (Å²) >= 11 is 0. The maximum Gasteiger partial charge on any atom is 0.269 e. The number of carbonyl (C=O) groups excluding carboxylic acids is 1. The number of nitrogens with zero attached hydrogens (tertiary/aromatic N) is 2. The van der Waals surface area contributed by atoms with Crippen molar-refractivity contribution in [3.05, 3.63) is 70.3 Å². The number of benzene rings is 2. The molecule has 0 bridgehead atoms. The lowest BCUT2D eigenvalue weighted by molar-refractivity contribution is -0.384. The molecule has 1 fully saturated rings. The lowest BCUT2D eigenvalue weighted by Gasteiger charge is -2.26. The van der Waals surface area contributed by atoms with Crippen LogP contribution in [0, 0.1) is 10.1 Å². The van der Waals surface area contributed by atoms with Crippen LogP contribution in [-0.2, 0) is 19.6 Å². The van der Waals surface area contributed by atoms with Crippen molar-refractivity contribution in [3.63, 3.8) is 0 Å². The van der Waals surface area contributed by atoms with Crippen molar-refractivity contribution < 1.29 is 22.9 Å². The summed E-state index contributed by atoms with van der Waals surface area (Å²) in [6, 6.07) is 11.7. The van der Waals surface area contributed by atoms with Gasteiger partial charge in [0.1, 0.15) is 0 Å². The SMILES string of the molecule is O=C(/C=C/c1ccc([N+](=O)[O-])cc1)Nc1ccc(S(=O)(=O)N2CCOCC2)cc1. The number of ether oxygens (including phenoxy) is 1. The van der Waals surface area contributed by atoms with Crippen molar-refractivity contribution in [1.82, 2.24) is 4.31 Å². The van der Waals surface area contributed by atoms with Gasteiger partial charge in [0.05, 0.1) is 23.0 Å². The maximum atomic E-state index is 12.6. The van der Waals surface area contributed by atoms with Crippen molar-refractivity contribution in [2.45, 2.75) is 4.90 Å². The second kappa shape index (κ2) is 8.95. The largest absolute Gasteiger partial charge is 0.379 e. The second-order valence-electron chi connectivity index (χ2n) is 6.21. The average molecular weight is 417 g/mol. The van der Waals surface area contributed by atoms with Crippen molar-refractivity contribution in [2.24, 2.45) is 0 Å². The van der Waals surface area contributed by atoms with E-state index in [-0.39, 0.29) is 10.6 Å². The zero-order chi connectivity index (χ0) is 20.9. The number of nitrogens with one attached hydrogen (secondary N) is 1. The predicted molar refractivity (Wildman–Crippen MR) is 107 cm³/mol. The number of nitro benzene ring substituents is 1. The highest BCUT2D eigenvalue weighted by Gasteiger charge is 2.26. The molecule has 1 heterocycles. The minimum absolute atomic E-state index is 0.0290. The van der Waals surface area contributed by atoms with Crippen LogP contribution in [0.25, 0.3) is 6.08 Å². The Morgan fingerprint density at radius 2 is 1.69 bits per heavy atom. The summed E-state index contributed by atoms with van der Waals surface area (Å²) in [7, 11) is -3.58. The molecule has 3 rings (SSSR count). The molecule has 0 radical (unpaired) electrons. The van der Waals surface area contributed by atoms with E-state index in [0.29, 0.717) is 37.6 Å². The lowest BCUT2D eigenvalue weighted by atomic mass is 10.2. The Morgan fingerprint density at radius 1 is 1.07 bits per heavy atom. The van der Waals surface area contributed by atoms with Gasteiger partial charge in [-0.3, -0.25) is 14.9 Å². The maximum absolute atomic E-state index is 12.6. The number of hydrogen-bond acceptors (Lipinski definition) is 6. The van der Waals surface area contributed by atoms with Crippen molar-refractivity contribution in [3.8, 4) is 0 Å². The standard InChI is InChI=1S/C19H19N3O6S/c23-19(10-3-15-1-6-17(7-2-15)22(24)25)20-16-4-8-18(9-5-16)29(26,27)21-11-13-28-14-12-21/h1-10H,11-14H2,(H,20,23)/b10-3+. The van der Waals surface area contributed by atoms with Gasteiger partial charge in [-0.15, -0.1) is 0 Å². The van der Waals surface area contributed by atoms with Crippen LogP contribution in [0.2, 0.25) is 0 Å². The van der Waals surface area contributed by atoms with Gasteiger partial charge in [-0.05, 0) is 48.0 Å². The van der Waals surface area contributed by atoms with Gasteiger partial charge in [-0.1, -0.05) is 0 Å². The number of hydrogen-bond donors (Lipinski definition) is 1. The molecule has 1 N–H and O–H groups in total. The van der Waals surface area contributed by atoms with E-state index in [1.807, 2.05) is 0 Å². The molecule has 1 aliphatic rings. The molecule has 0 aliphatic carbocycles. The third-order valence-corrected chi connectivity index (χ3v) is 6.17. The second-order valence-corrected chi connectivity index (χ2v) is 8.15. The van der Waals surface area contributed by atoms with Crippen LogP contribution in [0.1, 0.15) is 5.56 Å². The van der Waals surface area contributed by atoms with E-state index >= 15 is 0 Å². The first-order valence-corrected chi connectivity index (χ1v) is 10.2. The number of amides is 1. The van der Waals surface area contributed by atoms with Gasteiger partial charge in [0.15, 0.2) is 0 Å². The average Bonchev–Trinajstić information content (AvgIpc) is 2.73. The summed E-state index contributed by atoms with van der Waals surface area (Å²) in [6.45, 7) is 1.37. The van der Waals surface area contributed by atoms with Gasteiger partial charge in [0.25, 0.3) is 5.69 Å². The number of morpholine rings is 1. The number of sulfonamides is 1. The predicted octanol–water partition coefficient (Wildman–Crippen LogP) is 2.27. The Balaban J connectivity index is 1.61. The zero-order valence-electron chi connectivity index (χ0n) is 15.4. The molecule has 0 saturated carbocycles. The third-order valence-electron chi connectivity index (χ3n) is 4.26. The monoisotopic (exact) mass is 417 g/mol. The molecule has 1 aliphatic heterocycles. The van der Waals surface area contributed by atoms with Crippen molar-refractivity contribution >= 4 is 33.4 Å². The van der Waals surface area contributed by atoms with Gasteiger partial charge in [-0.25, -0.2) is 8.42 Å². The van der Waals surface area contributed by atoms with Gasteiger partial charge >= 0.3 is 0 Å². The third kappa shape index (κ3) is 5.25. The Morgan fingerprint density at radius 3 is 2.28 bits per heavy atom.